The van der Waals surface area contributed by atoms with Crippen molar-refractivity contribution in [3.05, 3.63) is 58.7 Å². The summed E-state index contributed by atoms with van der Waals surface area (Å²) in [6, 6.07) is 14.7. The second-order valence-corrected chi connectivity index (χ2v) is 11.0. The first-order valence-corrected chi connectivity index (χ1v) is 13.8. The number of likely N-dealkylation sites (N-methyl/N-ethyl adjacent to an activating group) is 1. The number of benzene rings is 2. The summed E-state index contributed by atoms with van der Waals surface area (Å²) in [6.45, 7) is 2.32. The summed E-state index contributed by atoms with van der Waals surface area (Å²) in [5.41, 5.74) is 3.38. The molecule has 0 aliphatic carbocycles. The monoisotopic (exact) mass is 583 g/mol. The topological polar surface area (TPSA) is 134 Å². The molecule has 11 nitrogen and oxygen atoms in total. The van der Waals surface area contributed by atoms with E-state index in [0.717, 1.165) is 46.7 Å². The molecule has 2 saturated heterocycles. The number of halogens is 1. The molecule has 192 valence electrons. The fourth-order valence-electron chi connectivity index (χ4n) is 5.13. The molecule has 3 atom stereocenters. The minimum atomic E-state index is -2.10. The first-order valence-electron chi connectivity index (χ1n) is 11.9. The number of rotatable bonds is 8. The molecule has 0 saturated carbocycles. The molecule has 6 rings (SSSR count). The van der Waals surface area contributed by atoms with Gasteiger partial charge in [-0.1, -0.05) is 18.2 Å². The van der Waals surface area contributed by atoms with Crippen LogP contribution in [0.3, 0.4) is 0 Å². The van der Waals surface area contributed by atoms with Crippen molar-refractivity contribution in [2.24, 2.45) is 0 Å². The van der Waals surface area contributed by atoms with Crippen LogP contribution in [0.5, 0.6) is 0 Å². The highest BCUT2D eigenvalue weighted by atomic mass is 79.9. The number of anilines is 5. The van der Waals surface area contributed by atoms with Crippen LogP contribution in [-0.2, 0) is 17.8 Å². The number of para-hydroxylation sites is 1. The van der Waals surface area contributed by atoms with Gasteiger partial charge in [-0.15, -0.1) is 0 Å². The quantitative estimate of drug-likeness (QED) is 0.197. The average molecular weight is 585 g/mol. The maximum Gasteiger partial charge on any atom is 0.232 e. The standard InChI is InChI=1S/C24H26BrN9O2S/c1-33-12-17-9-16(33)13-34(17)23-18-7-6-15(8-21(18)31-32-23)28-24-26-11-19(25)22(30-24)29-20-5-3-2-4-14(20)10-27-37(35)36/h2-8,11,16-17,27H,9-10,12-13H2,1H3,(H,31,32)(H,35,36)(H2,26,28,29,30). The maximum absolute atomic E-state index is 11.0. The molecule has 0 spiro atoms. The fourth-order valence-corrected chi connectivity index (χ4v) is 5.70. The molecule has 3 unspecified atom stereocenters. The lowest BCUT2D eigenvalue weighted by atomic mass is 10.2. The van der Waals surface area contributed by atoms with E-state index >= 15 is 0 Å². The van der Waals surface area contributed by atoms with Gasteiger partial charge in [0.25, 0.3) is 0 Å². The third-order valence-corrected chi connectivity index (χ3v) is 7.96. The third-order valence-electron chi connectivity index (χ3n) is 6.99. The van der Waals surface area contributed by atoms with Crippen LogP contribution in [0.1, 0.15) is 12.0 Å². The summed E-state index contributed by atoms with van der Waals surface area (Å²) >= 11 is 1.41. The van der Waals surface area contributed by atoms with Gasteiger partial charge in [-0.25, -0.2) is 13.9 Å². The number of nitrogens with zero attached hydrogens (tertiary/aromatic N) is 5. The predicted octanol–water partition coefficient (Wildman–Crippen LogP) is 3.72. The van der Waals surface area contributed by atoms with Gasteiger partial charge in [0.05, 0.1) is 9.99 Å². The summed E-state index contributed by atoms with van der Waals surface area (Å²) in [5.74, 6) is 2.01. The highest BCUT2D eigenvalue weighted by Crippen LogP contribution is 2.36. The van der Waals surface area contributed by atoms with Crippen molar-refractivity contribution in [3.8, 4) is 0 Å². The minimum absolute atomic E-state index is 0.224. The van der Waals surface area contributed by atoms with Gasteiger partial charge in [0.2, 0.25) is 17.2 Å². The second kappa shape index (κ2) is 9.99. The van der Waals surface area contributed by atoms with Gasteiger partial charge in [-0.3, -0.25) is 14.6 Å². The first-order chi connectivity index (χ1) is 17.9. The molecule has 2 bridgehead atoms. The van der Waals surface area contributed by atoms with E-state index in [4.69, 9.17) is 4.55 Å². The number of aromatic nitrogens is 4. The average Bonchev–Trinajstić information content (AvgIpc) is 3.59. The molecule has 2 aliphatic rings. The van der Waals surface area contributed by atoms with Crippen LogP contribution >= 0.6 is 15.9 Å². The SMILES string of the molecule is CN1CC2CC1CN2c1n[nH]c2cc(Nc3ncc(Br)c(Nc4ccccc4CNS(=O)O)n3)ccc12. The Kier molecular flexibility index (Phi) is 6.55. The molecule has 2 aromatic carbocycles. The van der Waals surface area contributed by atoms with Gasteiger partial charge in [-0.05, 0) is 59.2 Å². The smallest absolute Gasteiger partial charge is 0.232 e. The molecule has 4 heterocycles. The van der Waals surface area contributed by atoms with E-state index in [2.05, 4.69) is 74.4 Å². The molecule has 0 radical (unpaired) electrons. The predicted molar refractivity (Wildman–Crippen MR) is 149 cm³/mol. The van der Waals surface area contributed by atoms with E-state index in [9.17, 15) is 4.21 Å². The van der Waals surface area contributed by atoms with Gasteiger partial charge in [0.1, 0.15) is 5.82 Å². The van der Waals surface area contributed by atoms with E-state index in [-0.39, 0.29) is 6.54 Å². The lowest BCUT2D eigenvalue weighted by molar-refractivity contribution is 0.292. The van der Waals surface area contributed by atoms with Gasteiger partial charge in [0, 0.05) is 54.7 Å². The summed E-state index contributed by atoms with van der Waals surface area (Å²) in [4.78, 5) is 13.9. The number of H-pyrrole nitrogens is 1. The van der Waals surface area contributed by atoms with E-state index in [1.807, 2.05) is 36.4 Å². The Morgan fingerprint density at radius 2 is 2.05 bits per heavy atom. The largest absolute Gasteiger partial charge is 0.349 e. The summed E-state index contributed by atoms with van der Waals surface area (Å²) in [7, 11) is 2.20. The molecule has 4 aromatic rings. The Bertz CT molecular complexity index is 1480. The number of nitrogens with one attached hydrogen (secondary N) is 4. The number of aromatic amines is 1. The molecule has 2 fully saturated rings. The number of hydrogen-bond acceptors (Lipinski definition) is 8. The molecule has 37 heavy (non-hydrogen) atoms. The zero-order chi connectivity index (χ0) is 25.5. The van der Waals surface area contributed by atoms with Crippen LogP contribution in [0.15, 0.2) is 53.1 Å². The molecule has 13 heteroatoms. The summed E-state index contributed by atoms with van der Waals surface area (Å²) in [5, 5.41) is 15.5. The number of hydrogen-bond donors (Lipinski definition) is 5. The van der Waals surface area contributed by atoms with E-state index < -0.39 is 11.3 Å². The number of likely N-dealkylation sites (tertiary alicyclic amines) is 1. The van der Waals surface area contributed by atoms with Crippen LogP contribution in [0.25, 0.3) is 10.9 Å². The molecular formula is C24H26BrN9O2S. The normalized spacial score (nSPS) is 20.0. The Hall–Kier alpha value is -3.10. The van der Waals surface area contributed by atoms with Crippen LogP contribution < -0.4 is 20.3 Å². The van der Waals surface area contributed by atoms with Gasteiger partial charge < -0.3 is 15.5 Å². The van der Waals surface area contributed by atoms with Gasteiger partial charge in [-0.2, -0.15) is 10.1 Å². The third kappa shape index (κ3) is 4.92. The van der Waals surface area contributed by atoms with Crippen molar-refractivity contribution >= 4 is 67.1 Å². The number of piperazine rings is 1. The van der Waals surface area contributed by atoms with Crippen molar-refractivity contribution in [2.45, 2.75) is 25.0 Å². The van der Waals surface area contributed by atoms with Crippen LogP contribution in [0.2, 0.25) is 0 Å². The summed E-state index contributed by atoms with van der Waals surface area (Å²) in [6.07, 6.45) is 2.87. The maximum atomic E-state index is 11.0. The van der Waals surface area contributed by atoms with Crippen molar-refractivity contribution < 1.29 is 8.76 Å². The highest BCUT2D eigenvalue weighted by Gasteiger charge is 2.42. The van der Waals surface area contributed by atoms with Crippen molar-refractivity contribution in [3.63, 3.8) is 0 Å². The molecular weight excluding hydrogens is 558 g/mol. The lowest BCUT2D eigenvalue weighted by Gasteiger charge is -2.32. The molecule has 2 aromatic heterocycles. The number of fused-ring (bicyclic) bond motifs is 3. The molecule has 5 N–H and O–H groups in total. The van der Waals surface area contributed by atoms with E-state index in [1.54, 1.807) is 6.20 Å². The Morgan fingerprint density at radius 1 is 1.19 bits per heavy atom. The minimum Gasteiger partial charge on any atom is -0.349 e. The van der Waals surface area contributed by atoms with Gasteiger partial charge >= 0.3 is 0 Å². The van der Waals surface area contributed by atoms with Crippen LogP contribution in [0, 0.1) is 0 Å². The fraction of sp³-hybridized carbons (Fsp3) is 0.292. The Labute approximate surface area is 224 Å². The lowest BCUT2D eigenvalue weighted by Crippen LogP contribution is -2.44. The van der Waals surface area contributed by atoms with E-state index in [0.29, 0.717) is 28.3 Å². The first kappa shape index (κ1) is 24.2. The van der Waals surface area contributed by atoms with Crippen molar-refractivity contribution in [2.75, 3.05) is 35.7 Å². The zero-order valence-electron chi connectivity index (χ0n) is 20.0. The van der Waals surface area contributed by atoms with E-state index in [1.165, 1.54) is 6.42 Å². The zero-order valence-corrected chi connectivity index (χ0v) is 22.4. The Morgan fingerprint density at radius 3 is 2.84 bits per heavy atom. The molecule has 2 aliphatic heterocycles. The van der Waals surface area contributed by atoms with Crippen molar-refractivity contribution in [1.29, 1.82) is 0 Å². The Balaban J connectivity index is 1.20. The van der Waals surface area contributed by atoms with Gasteiger partial charge in [0.15, 0.2) is 5.82 Å². The highest BCUT2D eigenvalue weighted by molar-refractivity contribution is 9.10. The van der Waals surface area contributed by atoms with Crippen molar-refractivity contribution in [1.82, 2.24) is 29.8 Å². The van der Waals surface area contributed by atoms with Crippen LogP contribution in [0.4, 0.5) is 29.0 Å². The van der Waals surface area contributed by atoms with Crippen LogP contribution in [-0.4, -0.2) is 66.0 Å². The molecule has 0 amide bonds. The summed E-state index contributed by atoms with van der Waals surface area (Å²) < 4.78 is 23.3. The second-order valence-electron chi connectivity index (χ2n) is 9.31.